The first kappa shape index (κ1) is 12.1. The molecular formula is C15H10N2O3. The van der Waals surface area contributed by atoms with Crippen molar-refractivity contribution in [2.45, 2.75) is 0 Å². The standard InChI is InChI=1S/C15H10N2O3/c18-13-5-7-20-14-4-3-11(8-12(13)14)17-15(19)10-2-1-6-16-9-10/h1-9H,(H,17,19). The molecule has 2 aromatic heterocycles. The molecule has 0 saturated heterocycles. The van der Waals surface area contributed by atoms with E-state index in [0.29, 0.717) is 22.2 Å². The van der Waals surface area contributed by atoms with Gasteiger partial charge in [-0.15, -0.1) is 0 Å². The second kappa shape index (κ2) is 4.97. The average molecular weight is 266 g/mol. The Kier molecular flexibility index (Phi) is 3.01. The molecule has 5 heteroatoms. The summed E-state index contributed by atoms with van der Waals surface area (Å²) in [7, 11) is 0. The smallest absolute Gasteiger partial charge is 0.257 e. The molecular weight excluding hydrogens is 256 g/mol. The van der Waals surface area contributed by atoms with Crippen LogP contribution in [0, 0.1) is 0 Å². The summed E-state index contributed by atoms with van der Waals surface area (Å²) in [6.45, 7) is 0. The van der Waals surface area contributed by atoms with Crippen molar-refractivity contribution in [3.63, 3.8) is 0 Å². The van der Waals surface area contributed by atoms with Crippen LogP contribution in [0.15, 0.2) is 64.3 Å². The minimum Gasteiger partial charge on any atom is -0.464 e. The van der Waals surface area contributed by atoms with Crippen LogP contribution in [0.4, 0.5) is 5.69 Å². The van der Waals surface area contributed by atoms with Crippen molar-refractivity contribution >= 4 is 22.6 Å². The lowest BCUT2D eigenvalue weighted by atomic mass is 10.2. The summed E-state index contributed by atoms with van der Waals surface area (Å²) in [4.78, 5) is 27.6. The number of aromatic nitrogens is 1. The van der Waals surface area contributed by atoms with E-state index in [-0.39, 0.29) is 11.3 Å². The second-order valence-corrected chi connectivity index (χ2v) is 4.19. The molecule has 1 amide bonds. The molecule has 0 spiro atoms. The Morgan fingerprint density at radius 1 is 1.20 bits per heavy atom. The quantitative estimate of drug-likeness (QED) is 0.773. The largest absolute Gasteiger partial charge is 0.464 e. The SMILES string of the molecule is O=C(Nc1ccc2occc(=O)c2c1)c1cccnc1. The summed E-state index contributed by atoms with van der Waals surface area (Å²) in [6, 6.07) is 9.61. The van der Waals surface area contributed by atoms with Crippen LogP contribution in [0.2, 0.25) is 0 Å². The number of benzene rings is 1. The monoisotopic (exact) mass is 266 g/mol. The number of rotatable bonds is 2. The molecule has 0 unspecified atom stereocenters. The number of carbonyl (C=O) groups excluding carboxylic acids is 1. The maximum atomic E-state index is 12.0. The molecule has 0 aliphatic heterocycles. The zero-order valence-corrected chi connectivity index (χ0v) is 10.4. The lowest BCUT2D eigenvalue weighted by molar-refractivity contribution is 0.102. The Balaban J connectivity index is 1.94. The van der Waals surface area contributed by atoms with Crippen molar-refractivity contribution < 1.29 is 9.21 Å². The maximum Gasteiger partial charge on any atom is 0.257 e. The molecule has 0 atom stereocenters. The number of hydrogen-bond acceptors (Lipinski definition) is 4. The van der Waals surface area contributed by atoms with E-state index in [1.165, 1.54) is 18.5 Å². The minimum atomic E-state index is -0.280. The Morgan fingerprint density at radius 2 is 2.10 bits per heavy atom. The predicted molar refractivity (Wildman–Crippen MR) is 74.7 cm³/mol. The maximum absolute atomic E-state index is 12.0. The van der Waals surface area contributed by atoms with Crippen LogP contribution >= 0.6 is 0 Å². The van der Waals surface area contributed by atoms with Gasteiger partial charge in [0.1, 0.15) is 5.58 Å². The zero-order valence-electron chi connectivity index (χ0n) is 10.4. The van der Waals surface area contributed by atoms with Gasteiger partial charge in [0.25, 0.3) is 5.91 Å². The molecule has 0 saturated carbocycles. The van der Waals surface area contributed by atoms with Crippen LogP contribution in [0.25, 0.3) is 11.0 Å². The Bertz CT molecular complexity index is 825. The average Bonchev–Trinajstić information content (AvgIpc) is 2.49. The molecule has 20 heavy (non-hydrogen) atoms. The summed E-state index contributed by atoms with van der Waals surface area (Å²) >= 11 is 0. The topological polar surface area (TPSA) is 72.2 Å². The van der Waals surface area contributed by atoms with Gasteiger partial charge in [0.15, 0.2) is 5.43 Å². The number of hydrogen-bond donors (Lipinski definition) is 1. The van der Waals surface area contributed by atoms with Gasteiger partial charge in [0.2, 0.25) is 0 Å². The van der Waals surface area contributed by atoms with E-state index >= 15 is 0 Å². The molecule has 3 aromatic rings. The van der Waals surface area contributed by atoms with Crippen LogP contribution in [0.1, 0.15) is 10.4 Å². The fourth-order valence-corrected chi connectivity index (χ4v) is 1.86. The third kappa shape index (κ3) is 2.29. The van der Waals surface area contributed by atoms with Crippen molar-refractivity contribution in [2.75, 3.05) is 5.32 Å². The van der Waals surface area contributed by atoms with Gasteiger partial charge in [-0.3, -0.25) is 14.6 Å². The zero-order chi connectivity index (χ0) is 13.9. The Hall–Kier alpha value is -2.95. The van der Waals surface area contributed by atoms with E-state index in [1.807, 2.05) is 0 Å². The van der Waals surface area contributed by atoms with Gasteiger partial charge in [-0.1, -0.05) is 0 Å². The molecule has 5 nitrogen and oxygen atoms in total. The molecule has 0 bridgehead atoms. The number of nitrogens with zero attached hydrogens (tertiary/aromatic N) is 1. The fraction of sp³-hybridized carbons (Fsp3) is 0. The Labute approximate surface area is 113 Å². The number of amides is 1. The summed E-state index contributed by atoms with van der Waals surface area (Å²) in [5.41, 5.74) is 1.32. The number of carbonyl (C=O) groups is 1. The van der Waals surface area contributed by atoms with Crippen LogP contribution < -0.4 is 10.7 Å². The molecule has 2 heterocycles. The van der Waals surface area contributed by atoms with Crippen LogP contribution in [-0.4, -0.2) is 10.9 Å². The first-order valence-electron chi connectivity index (χ1n) is 5.97. The van der Waals surface area contributed by atoms with E-state index in [2.05, 4.69) is 10.3 Å². The molecule has 1 aromatic carbocycles. The summed E-state index contributed by atoms with van der Waals surface area (Å²) < 4.78 is 5.21. The van der Waals surface area contributed by atoms with Gasteiger partial charge >= 0.3 is 0 Å². The first-order chi connectivity index (χ1) is 9.74. The van der Waals surface area contributed by atoms with E-state index in [1.54, 1.807) is 36.5 Å². The second-order valence-electron chi connectivity index (χ2n) is 4.19. The van der Waals surface area contributed by atoms with E-state index in [0.717, 1.165) is 0 Å². The predicted octanol–water partition coefficient (Wildman–Crippen LogP) is 2.44. The molecule has 0 radical (unpaired) electrons. The molecule has 3 rings (SSSR count). The van der Waals surface area contributed by atoms with Crippen molar-refractivity contribution in [3.05, 3.63) is 70.8 Å². The van der Waals surface area contributed by atoms with Gasteiger partial charge in [-0.25, -0.2) is 0 Å². The molecule has 1 N–H and O–H groups in total. The molecule has 0 aliphatic carbocycles. The minimum absolute atomic E-state index is 0.149. The number of fused-ring (bicyclic) bond motifs is 1. The van der Waals surface area contributed by atoms with E-state index < -0.39 is 0 Å². The van der Waals surface area contributed by atoms with E-state index in [4.69, 9.17) is 4.42 Å². The summed E-state index contributed by atoms with van der Waals surface area (Å²) in [5, 5.41) is 3.15. The van der Waals surface area contributed by atoms with Crippen LogP contribution in [0.5, 0.6) is 0 Å². The third-order valence-electron chi connectivity index (χ3n) is 2.84. The molecule has 0 fully saturated rings. The van der Waals surface area contributed by atoms with Gasteiger partial charge in [-0.2, -0.15) is 0 Å². The first-order valence-corrected chi connectivity index (χ1v) is 5.97. The Morgan fingerprint density at radius 3 is 2.90 bits per heavy atom. The summed E-state index contributed by atoms with van der Waals surface area (Å²) in [6.07, 6.45) is 4.42. The van der Waals surface area contributed by atoms with Gasteiger partial charge in [0, 0.05) is 24.1 Å². The van der Waals surface area contributed by atoms with Crippen LogP contribution in [-0.2, 0) is 0 Å². The van der Waals surface area contributed by atoms with Crippen molar-refractivity contribution in [3.8, 4) is 0 Å². The highest BCUT2D eigenvalue weighted by Gasteiger charge is 2.07. The molecule has 0 aliphatic rings. The number of pyridine rings is 1. The van der Waals surface area contributed by atoms with Crippen molar-refractivity contribution in [1.29, 1.82) is 0 Å². The highest BCUT2D eigenvalue weighted by Crippen LogP contribution is 2.16. The normalized spacial score (nSPS) is 10.4. The van der Waals surface area contributed by atoms with Gasteiger partial charge in [0.05, 0.1) is 17.2 Å². The number of nitrogens with one attached hydrogen (secondary N) is 1. The third-order valence-corrected chi connectivity index (χ3v) is 2.84. The van der Waals surface area contributed by atoms with Gasteiger partial charge in [-0.05, 0) is 30.3 Å². The van der Waals surface area contributed by atoms with Crippen LogP contribution in [0.3, 0.4) is 0 Å². The highest BCUT2D eigenvalue weighted by atomic mass is 16.3. The molecule has 98 valence electrons. The summed E-state index contributed by atoms with van der Waals surface area (Å²) in [5.74, 6) is -0.280. The van der Waals surface area contributed by atoms with Gasteiger partial charge < -0.3 is 9.73 Å². The van der Waals surface area contributed by atoms with Crippen molar-refractivity contribution in [2.24, 2.45) is 0 Å². The highest BCUT2D eigenvalue weighted by molar-refractivity contribution is 6.04. The fourth-order valence-electron chi connectivity index (χ4n) is 1.86. The number of anilines is 1. The lowest BCUT2D eigenvalue weighted by Gasteiger charge is -2.05. The van der Waals surface area contributed by atoms with Crippen molar-refractivity contribution in [1.82, 2.24) is 4.98 Å². The van der Waals surface area contributed by atoms with E-state index in [9.17, 15) is 9.59 Å². The lowest BCUT2D eigenvalue weighted by Crippen LogP contribution is -2.12.